The van der Waals surface area contributed by atoms with Gasteiger partial charge in [-0.3, -0.25) is 0 Å². The maximum Gasteiger partial charge on any atom is 0.156 e. The van der Waals surface area contributed by atoms with Crippen molar-refractivity contribution in [1.82, 2.24) is 5.32 Å². The Balaban J connectivity index is 1.63. The van der Waals surface area contributed by atoms with Crippen LogP contribution in [0, 0.1) is 0 Å². The molecule has 2 nitrogen and oxygen atoms in total. The highest BCUT2D eigenvalue weighted by Gasteiger charge is 2.11. The molecule has 0 amide bonds. The Morgan fingerprint density at radius 3 is 2.04 bits per heavy atom. The van der Waals surface area contributed by atoms with Gasteiger partial charge < -0.3 is 10.1 Å². The molecule has 26 heavy (non-hydrogen) atoms. The van der Waals surface area contributed by atoms with Crippen LogP contribution in [-0.4, -0.2) is 0 Å². The molecule has 0 aliphatic carbocycles. The van der Waals surface area contributed by atoms with Crippen LogP contribution in [0.3, 0.4) is 0 Å². The molecule has 0 aliphatic heterocycles. The van der Waals surface area contributed by atoms with E-state index < -0.39 is 0 Å². The lowest BCUT2D eigenvalue weighted by atomic mass is 10.1. The molecule has 1 N–H and O–H groups in total. The van der Waals surface area contributed by atoms with Crippen LogP contribution < -0.4 is 10.1 Å². The van der Waals surface area contributed by atoms with Crippen molar-refractivity contribution in [3.63, 3.8) is 0 Å². The van der Waals surface area contributed by atoms with E-state index in [1.54, 1.807) is 0 Å². The zero-order valence-corrected chi connectivity index (χ0v) is 16.1. The first-order valence-electron chi connectivity index (χ1n) is 8.56. The van der Waals surface area contributed by atoms with Gasteiger partial charge in [-0.25, -0.2) is 0 Å². The summed E-state index contributed by atoms with van der Waals surface area (Å²) >= 11 is 12.8. The van der Waals surface area contributed by atoms with Crippen molar-refractivity contribution in [2.45, 2.75) is 26.1 Å². The molecular formula is C22H21Cl2NO. The van der Waals surface area contributed by atoms with Gasteiger partial charge in [0.1, 0.15) is 6.61 Å². The third-order valence-corrected chi connectivity index (χ3v) is 4.76. The molecule has 3 aromatic rings. The van der Waals surface area contributed by atoms with Crippen molar-refractivity contribution >= 4 is 23.2 Å². The molecule has 0 bridgehead atoms. The fourth-order valence-electron chi connectivity index (χ4n) is 2.71. The number of halogens is 2. The Labute approximate surface area is 164 Å². The number of ether oxygens (including phenoxy) is 1. The van der Waals surface area contributed by atoms with E-state index in [-0.39, 0.29) is 6.04 Å². The largest absolute Gasteiger partial charge is 0.486 e. The predicted molar refractivity (Wildman–Crippen MR) is 109 cm³/mol. The van der Waals surface area contributed by atoms with Crippen LogP contribution in [0.2, 0.25) is 10.0 Å². The van der Waals surface area contributed by atoms with Crippen LogP contribution in [0.15, 0.2) is 72.8 Å². The molecule has 0 fully saturated rings. The summed E-state index contributed by atoms with van der Waals surface area (Å²) in [6.07, 6.45) is 0. The fraction of sp³-hybridized carbons (Fsp3) is 0.182. The van der Waals surface area contributed by atoms with Gasteiger partial charge in [0.25, 0.3) is 0 Å². The quantitative estimate of drug-likeness (QED) is 0.506. The molecule has 134 valence electrons. The van der Waals surface area contributed by atoms with E-state index in [2.05, 4.69) is 24.4 Å². The number of hydrogen-bond donors (Lipinski definition) is 1. The number of hydrogen-bond acceptors (Lipinski definition) is 2. The third-order valence-electron chi connectivity index (χ3n) is 4.20. The molecule has 1 unspecified atom stereocenters. The summed E-state index contributed by atoms with van der Waals surface area (Å²) in [5.74, 6) is 0.525. The Kier molecular flexibility index (Phi) is 6.56. The molecule has 3 rings (SSSR count). The molecule has 3 aromatic carbocycles. The van der Waals surface area contributed by atoms with E-state index >= 15 is 0 Å². The predicted octanol–water partition coefficient (Wildman–Crippen LogP) is 6.42. The van der Waals surface area contributed by atoms with Crippen LogP contribution in [0.5, 0.6) is 5.75 Å². The maximum absolute atomic E-state index is 6.40. The molecule has 0 saturated heterocycles. The average molecular weight is 386 g/mol. The summed E-state index contributed by atoms with van der Waals surface area (Å²) in [4.78, 5) is 0. The summed E-state index contributed by atoms with van der Waals surface area (Å²) in [6, 6.07) is 24.3. The SMILES string of the molecule is CC(NCc1cc(Cl)c(OCc2ccccc2)c(Cl)c1)c1ccccc1. The fourth-order valence-corrected chi connectivity index (χ4v) is 3.35. The minimum Gasteiger partial charge on any atom is -0.486 e. The summed E-state index contributed by atoms with van der Waals surface area (Å²) in [6.45, 7) is 3.24. The number of rotatable bonds is 7. The molecule has 0 spiro atoms. The molecule has 4 heteroatoms. The zero-order chi connectivity index (χ0) is 18.4. The zero-order valence-electron chi connectivity index (χ0n) is 14.6. The Bertz CT molecular complexity index is 814. The van der Waals surface area contributed by atoms with Crippen LogP contribution in [0.1, 0.15) is 29.7 Å². The van der Waals surface area contributed by atoms with Gasteiger partial charge in [0, 0.05) is 12.6 Å². The normalized spacial score (nSPS) is 12.0. The van der Waals surface area contributed by atoms with Gasteiger partial charge in [0.05, 0.1) is 10.0 Å². The van der Waals surface area contributed by atoms with E-state index in [0.717, 1.165) is 11.1 Å². The lowest BCUT2D eigenvalue weighted by Crippen LogP contribution is -2.18. The Morgan fingerprint density at radius 2 is 1.42 bits per heavy atom. The highest BCUT2D eigenvalue weighted by molar-refractivity contribution is 6.37. The van der Waals surface area contributed by atoms with Crippen molar-refractivity contribution in [2.75, 3.05) is 0 Å². The van der Waals surface area contributed by atoms with E-state index in [4.69, 9.17) is 27.9 Å². The minimum absolute atomic E-state index is 0.239. The van der Waals surface area contributed by atoms with Gasteiger partial charge in [-0.2, -0.15) is 0 Å². The molecule has 0 aromatic heterocycles. The Morgan fingerprint density at radius 1 is 0.846 bits per heavy atom. The van der Waals surface area contributed by atoms with E-state index in [0.29, 0.717) is 28.9 Å². The Hall–Kier alpha value is -2.00. The van der Waals surface area contributed by atoms with Crippen molar-refractivity contribution in [3.05, 3.63) is 99.5 Å². The van der Waals surface area contributed by atoms with Gasteiger partial charge in [0.15, 0.2) is 5.75 Å². The first-order chi connectivity index (χ1) is 12.6. The van der Waals surface area contributed by atoms with Gasteiger partial charge in [0.2, 0.25) is 0 Å². The maximum atomic E-state index is 6.40. The van der Waals surface area contributed by atoms with Crippen LogP contribution in [-0.2, 0) is 13.2 Å². The summed E-state index contributed by atoms with van der Waals surface area (Å²) in [7, 11) is 0. The van der Waals surface area contributed by atoms with Crippen molar-refractivity contribution in [1.29, 1.82) is 0 Å². The number of nitrogens with one attached hydrogen (secondary N) is 1. The van der Waals surface area contributed by atoms with Gasteiger partial charge in [-0.15, -0.1) is 0 Å². The minimum atomic E-state index is 0.239. The highest BCUT2D eigenvalue weighted by atomic mass is 35.5. The number of benzene rings is 3. The molecule has 0 saturated carbocycles. The second-order valence-electron chi connectivity index (χ2n) is 6.18. The van der Waals surface area contributed by atoms with Gasteiger partial charge in [-0.1, -0.05) is 83.9 Å². The van der Waals surface area contributed by atoms with Crippen molar-refractivity contribution < 1.29 is 4.74 Å². The highest BCUT2D eigenvalue weighted by Crippen LogP contribution is 2.35. The third kappa shape index (κ3) is 5.01. The lowest BCUT2D eigenvalue weighted by Gasteiger charge is -2.16. The van der Waals surface area contributed by atoms with Crippen molar-refractivity contribution in [2.24, 2.45) is 0 Å². The van der Waals surface area contributed by atoms with E-state index in [1.807, 2.05) is 60.7 Å². The molecule has 1 atom stereocenters. The second-order valence-corrected chi connectivity index (χ2v) is 6.99. The topological polar surface area (TPSA) is 21.3 Å². The lowest BCUT2D eigenvalue weighted by molar-refractivity contribution is 0.306. The van der Waals surface area contributed by atoms with Crippen molar-refractivity contribution in [3.8, 4) is 5.75 Å². The molecular weight excluding hydrogens is 365 g/mol. The smallest absolute Gasteiger partial charge is 0.156 e. The van der Waals surface area contributed by atoms with Gasteiger partial charge >= 0.3 is 0 Å². The molecule has 0 heterocycles. The summed E-state index contributed by atoms with van der Waals surface area (Å²) < 4.78 is 5.82. The monoisotopic (exact) mass is 385 g/mol. The summed E-state index contributed by atoms with van der Waals surface area (Å²) in [5.41, 5.74) is 3.34. The second kappa shape index (κ2) is 9.09. The van der Waals surface area contributed by atoms with Crippen LogP contribution >= 0.6 is 23.2 Å². The first kappa shape index (κ1) is 18.8. The average Bonchev–Trinajstić information content (AvgIpc) is 2.67. The standard InChI is InChI=1S/C22H21Cl2NO/c1-16(19-10-6-3-7-11-19)25-14-18-12-20(23)22(21(24)13-18)26-15-17-8-4-2-5-9-17/h2-13,16,25H,14-15H2,1H3. The van der Waals surface area contributed by atoms with Gasteiger partial charge in [-0.05, 0) is 35.7 Å². The molecule has 0 radical (unpaired) electrons. The summed E-state index contributed by atoms with van der Waals surface area (Å²) in [5, 5.41) is 4.54. The van der Waals surface area contributed by atoms with E-state index in [1.165, 1.54) is 5.56 Å². The van der Waals surface area contributed by atoms with Crippen LogP contribution in [0.4, 0.5) is 0 Å². The first-order valence-corrected chi connectivity index (χ1v) is 9.32. The van der Waals surface area contributed by atoms with Crippen LogP contribution in [0.25, 0.3) is 0 Å². The molecule has 0 aliphatic rings. The van der Waals surface area contributed by atoms with E-state index in [9.17, 15) is 0 Å².